The summed E-state index contributed by atoms with van der Waals surface area (Å²) in [6.45, 7) is 5.97. The lowest BCUT2D eigenvalue weighted by atomic mass is 10.1. The maximum absolute atomic E-state index is 10.8. The summed E-state index contributed by atoms with van der Waals surface area (Å²) in [5, 5.41) is 12.3. The number of nitrogens with zero attached hydrogens (tertiary/aromatic N) is 2. The monoisotopic (exact) mass is 341 g/mol. The van der Waals surface area contributed by atoms with Crippen LogP contribution in [0.15, 0.2) is 42.6 Å². The fraction of sp³-hybridized carbons (Fsp3) is 0.368. The average molecular weight is 341 g/mol. The first kappa shape index (κ1) is 17.4. The molecule has 1 aromatic carbocycles. The predicted molar refractivity (Wildman–Crippen MR) is 95.8 cm³/mol. The van der Waals surface area contributed by atoms with Gasteiger partial charge in [0, 0.05) is 32.4 Å². The van der Waals surface area contributed by atoms with Crippen LogP contribution in [0.3, 0.4) is 0 Å². The number of carboxylic acid groups (broad SMARTS) is 1. The number of aromatic nitrogens is 1. The zero-order valence-corrected chi connectivity index (χ0v) is 14.3. The van der Waals surface area contributed by atoms with E-state index in [1.54, 1.807) is 12.1 Å². The predicted octanol–water partition coefficient (Wildman–Crippen LogP) is 2.29. The van der Waals surface area contributed by atoms with Gasteiger partial charge in [-0.2, -0.15) is 0 Å². The van der Waals surface area contributed by atoms with Crippen molar-refractivity contribution in [3.63, 3.8) is 0 Å². The van der Waals surface area contributed by atoms with Crippen molar-refractivity contribution in [2.75, 3.05) is 24.6 Å². The molecular weight excluding hydrogens is 318 g/mol. The highest BCUT2D eigenvalue weighted by molar-refractivity contribution is 5.87. The van der Waals surface area contributed by atoms with Crippen LogP contribution in [0.1, 0.15) is 28.4 Å². The van der Waals surface area contributed by atoms with Crippen molar-refractivity contribution in [2.45, 2.75) is 26.1 Å². The van der Waals surface area contributed by atoms with Crippen LogP contribution >= 0.6 is 0 Å². The van der Waals surface area contributed by atoms with Crippen LogP contribution in [-0.2, 0) is 17.8 Å². The van der Waals surface area contributed by atoms with Crippen molar-refractivity contribution in [1.82, 2.24) is 10.3 Å². The van der Waals surface area contributed by atoms with E-state index in [9.17, 15) is 4.79 Å². The number of ether oxygens (including phenoxy) is 1. The van der Waals surface area contributed by atoms with Gasteiger partial charge >= 0.3 is 5.97 Å². The first-order valence-corrected chi connectivity index (χ1v) is 8.46. The number of benzene rings is 1. The molecular formula is C19H23N3O3. The molecule has 2 N–H and O–H groups in total. The maximum atomic E-state index is 10.8. The first-order valence-electron chi connectivity index (χ1n) is 8.46. The van der Waals surface area contributed by atoms with Crippen LogP contribution in [0.25, 0.3) is 0 Å². The second-order valence-electron chi connectivity index (χ2n) is 6.26. The fourth-order valence-electron chi connectivity index (χ4n) is 2.85. The topological polar surface area (TPSA) is 74.7 Å². The summed E-state index contributed by atoms with van der Waals surface area (Å²) >= 11 is 0. The number of anilines is 1. The molecule has 0 bridgehead atoms. The van der Waals surface area contributed by atoms with Crippen molar-refractivity contribution in [2.24, 2.45) is 0 Å². The Labute approximate surface area is 147 Å². The second kappa shape index (κ2) is 8.09. The van der Waals surface area contributed by atoms with Gasteiger partial charge in [0.05, 0.1) is 18.3 Å². The molecule has 2 heterocycles. The normalized spacial score (nSPS) is 17.5. The van der Waals surface area contributed by atoms with Gasteiger partial charge in [0.25, 0.3) is 0 Å². The summed E-state index contributed by atoms with van der Waals surface area (Å²) < 4.78 is 5.56. The van der Waals surface area contributed by atoms with Gasteiger partial charge in [-0.1, -0.05) is 18.2 Å². The molecule has 25 heavy (non-hydrogen) atoms. The Morgan fingerprint density at radius 2 is 1.96 bits per heavy atom. The molecule has 6 heteroatoms. The van der Waals surface area contributed by atoms with Crippen LogP contribution in [0, 0.1) is 0 Å². The summed E-state index contributed by atoms with van der Waals surface area (Å²) in [4.78, 5) is 17.6. The Morgan fingerprint density at radius 3 is 2.60 bits per heavy atom. The summed E-state index contributed by atoms with van der Waals surface area (Å²) in [6.07, 6.45) is 2.14. The van der Waals surface area contributed by atoms with Crippen LogP contribution in [0.4, 0.5) is 5.82 Å². The van der Waals surface area contributed by atoms with E-state index in [1.807, 2.05) is 18.3 Å². The molecule has 0 radical (unpaired) electrons. The molecule has 1 aliphatic rings. The molecule has 1 atom stereocenters. The number of aromatic carboxylic acids is 1. The number of hydrogen-bond donors (Lipinski definition) is 2. The molecule has 0 amide bonds. The quantitative estimate of drug-likeness (QED) is 0.840. The molecule has 132 valence electrons. The standard InChI is InChI=1S/C19H23N3O3/c1-14-13-22(8-9-25-14)18-7-4-16(12-21-18)11-20-10-15-2-5-17(6-3-15)19(23)24/h2-7,12,14,20H,8-11,13H2,1H3,(H,23,24). The second-order valence-corrected chi connectivity index (χ2v) is 6.26. The molecule has 0 aliphatic carbocycles. The van der Waals surface area contributed by atoms with Crippen LogP contribution < -0.4 is 10.2 Å². The van der Waals surface area contributed by atoms with E-state index in [0.29, 0.717) is 18.7 Å². The highest BCUT2D eigenvalue weighted by Crippen LogP contribution is 2.15. The summed E-state index contributed by atoms with van der Waals surface area (Å²) in [5.74, 6) is 0.0866. The number of rotatable bonds is 6. The number of morpholine rings is 1. The molecule has 1 saturated heterocycles. The summed E-state index contributed by atoms with van der Waals surface area (Å²) in [6, 6.07) is 11.0. The minimum Gasteiger partial charge on any atom is -0.478 e. The Bertz CT molecular complexity index is 701. The SMILES string of the molecule is CC1CN(c2ccc(CNCc3ccc(C(=O)O)cc3)cn2)CCO1. The molecule has 6 nitrogen and oxygen atoms in total. The number of carbonyl (C=O) groups is 1. The first-order chi connectivity index (χ1) is 12.1. The largest absolute Gasteiger partial charge is 0.478 e. The van der Waals surface area contributed by atoms with Crippen LogP contribution in [-0.4, -0.2) is 41.9 Å². The molecule has 3 rings (SSSR count). The smallest absolute Gasteiger partial charge is 0.335 e. The minimum atomic E-state index is -0.902. The van der Waals surface area contributed by atoms with Gasteiger partial charge in [-0.05, 0) is 36.2 Å². The van der Waals surface area contributed by atoms with Gasteiger partial charge in [-0.15, -0.1) is 0 Å². The van der Waals surface area contributed by atoms with Crippen molar-refractivity contribution in [1.29, 1.82) is 0 Å². The zero-order valence-electron chi connectivity index (χ0n) is 14.3. The van der Waals surface area contributed by atoms with Crippen molar-refractivity contribution >= 4 is 11.8 Å². The minimum absolute atomic E-state index is 0.240. The molecule has 1 fully saturated rings. The van der Waals surface area contributed by atoms with E-state index in [1.165, 1.54) is 0 Å². The van der Waals surface area contributed by atoms with E-state index in [2.05, 4.69) is 34.3 Å². The van der Waals surface area contributed by atoms with E-state index in [0.717, 1.165) is 36.6 Å². The van der Waals surface area contributed by atoms with Crippen molar-refractivity contribution < 1.29 is 14.6 Å². The average Bonchev–Trinajstić information content (AvgIpc) is 2.63. The lowest BCUT2D eigenvalue weighted by Crippen LogP contribution is -2.41. The van der Waals surface area contributed by atoms with Crippen LogP contribution in [0.5, 0.6) is 0 Å². The Balaban J connectivity index is 1.49. The van der Waals surface area contributed by atoms with Gasteiger partial charge in [0.15, 0.2) is 0 Å². The fourth-order valence-corrected chi connectivity index (χ4v) is 2.85. The van der Waals surface area contributed by atoms with Gasteiger partial charge in [0.1, 0.15) is 5.82 Å². The molecule has 0 spiro atoms. The maximum Gasteiger partial charge on any atom is 0.335 e. The van der Waals surface area contributed by atoms with Gasteiger partial charge < -0.3 is 20.1 Å². The Morgan fingerprint density at radius 1 is 1.24 bits per heavy atom. The van der Waals surface area contributed by atoms with Gasteiger partial charge in [-0.25, -0.2) is 9.78 Å². The Hall–Kier alpha value is -2.44. The highest BCUT2D eigenvalue weighted by Gasteiger charge is 2.17. The lowest BCUT2D eigenvalue weighted by Gasteiger charge is -2.32. The third-order valence-corrected chi connectivity index (χ3v) is 4.23. The number of nitrogens with one attached hydrogen (secondary N) is 1. The van der Waals surface area contributed by atoms with E-state index in [-0.39, 0.29) is 6.10 Å². The number of hydrogen-bond acceptors (Lipinski definition) is 5. The number of carboxylic acids is 1. The lowest BCUT2D eigenvalue weighted by molar-refractivity contribution is 0.0529. The van der Waals surface area contributed by atoms with Crippen molar-refractivity contribution in [3.05, 3.63) is 59.3 Å². The third kappa shape index (κ3) is 4.78. The molecule has 1 unspecified atom stereocenters. The molecule has 2 aromatic rings. The highest BCUT2D eigenvalue weighted by atomic mass is 16.5. The Kier molecular flexibility index (Phi) is 5.63. The van der Waals surface area contributed by atoms with E-state index < -0.39 is 5.97 Å². The summed E-state index contributed by atoms with van der Waals surface area (Å²) in [7, 11) is 0. The van der Waals surface area contributed by atoms with E-state index in [4.69, 9.17) is 9.84 Å². The number of pyridine rings is 1. The van der Waals surface area contributed by atoms with Crippen LogP contribution in [0.2, 0.25) is 0 Å². The molecule has 0 saturated carbocycles. The molecule has 1 aromatic heterocycles. The van der Waals surface area contributed by atoms with Gasteiger partial charge in [-0.3, -0.25) is 0 Å². The molecule has 1 aliphatic heterocycles. The zero-order chi connectivity index (χ0) is 17.6. The summed E-state index contributed by atoms with van der Waals surface area (Å²) in [5.41, 5.74) is 2.48. The van der Waals surface area contributed by atoms with Gasteiger partial charge in [0.2, 0.25) is 0 Å². The third-order valence-electron chi connectivity index (χ3n) is 4.23. The van der Waals surface area contributed by atoms with Crippen molar-refractivity contribution in [3.8, 4) is 0 Å². The van der Waals surface area contributed by atoms with E-state index >= 15 is 0 Å².